The van der Waals surface area contributed by atoms with E-state index in [-0.39, 0.29) is 0 Å². The molecule has 0 saturated heterocycles. The Bertz CT molecular complexity index is 238. The van der Waals surface area contributed by atoms with Gasteiger partial charge in [0.25, 0.3) is 0 Å². The number of hydrogen-bond acceptors (Lipinski definition) is 0. The molecule has 0 bridgehead atoms. The van der Waals surface area contributed by atoms with Crippen LogP contribution in [0.3, 0.4) is 0 Å². The average molecular weight is 250 g/mol. The highest BCUT2D eigenvalue weighted by molar-refractivity contribution is 4.84. The minimum absolute atomic E-state index is 0.896. The van der Waals surface area contributed by atoms with Crippen LogP contribution in [0.15, 0.2) is 0 Å². The summed E-state index contributed by atoms with van der Waals surface area (Å²) in [7, 11) is 0. The summed E-state index contributed by atoms with van der Waals surface area (Å²) >= 11 is 0. The molecule has 0 N–H and O–H groups in total. The second-order valence-corrected chi connectivity index (χ2v) is 7.94. The lowest BCUT2D eigenvalue weighted by atomic mass is 9.70. The quantitative estimate of drug-likeness (QED) is 0.549. The zero-order chi connectivity index (χ0) is 13.1. The van der Waals surface area contributed by atoms with Crippen molar-refractivity contribution < 1.29 is 0 Å². The van der Waals surface area contributed by atoms with Crippen LogP contribution in [-0.4, -0.2) is 0 Å². The monoisotopic (exact) mass is 250 g/mol. The van der Waals surface area contributed by atoms with Crippen molar-refractivity contribution in [3.05, 3.63) is 0 Å². The third kappa shape index (κ3) is 4.28. The van der Waals surface area contributed by atoms with Gasteiger partial charge in [0.2, 0.25) is 0 Å². The molecule has 106 valence electrons. The van der Waals surface area contributed by atoms with Gasteiger partial charge in [-0.05, 0) is 61.2 Å². The first-order chi connectivity index (χ1) is 8.56. The van der Waals surface area contributed by atoms with E-state index in [2.05, 4.69) is 27.7 Å². The molecule has 4 unspecified atom stereocenters. The average Bonchev–Trinajstić information content (AvgIpc) is 3.14. The molecular formula is C18H34. The van der Waals surface area contributed by atoms with Crippen LogP contribution in [0.2, 0.25) is 0 Å². The lowest BCUT2D eigenvalue weighted by molar-refractivity contribution is 0.151. The predicted molar refractivity (Wildman–Crippen MR) is 80.6 cm³/mol. The van der Waals surface area contributed by atoms with E-state index in [4.69, 9.17) is 0 Å². The van der Waals surface area contributed by atoms with Crippen molar-refractivity contribution in [2.75, 3.05) is 0 Å². The van der Waals surface area contributed by atoms with Crippen LogP contribution in [-0.2, 0) is 0 Å². The van der Waals surface area contributed by atoms with Gasteiger partial charge in [0.1, 0.15) is 0 Å². The first kappa shape index (κ1) is 14.4. The van der Waals surface area contributed by atoms with Crippen molar-refractivity contribution in [3.8, 4) is 0 Å². The zero-order valence-electron chi connectivity index (χ0n) is 13.1. The number of rotatable bonds is 6. The smallest absolute Gasteiger partial charge is 0.0383 e. The highest BCUT2D eigenvalue weighted by atomic mass is 14.4. The molecule has 0 spiro atoms. The van der Waals surface area contributed by atoms with E-state index >= 15 is 0 Å². The second kappa shape index (κ2) is 6.44. The molecule has 0 aromatic heterocycles. The summed E-state index contributed by atoms with van der Waals surface area (Å²) in [5, 5.41) is 0. The molecule has 0 radical (unpaired) electrons. The van der Waals surface area contributed by atoms with Crippen LogP contribution in [0.25, 0.3) is 0 Å². The minimum Gasteiger partial charge on any atom is -0.0628 e. The lowest BCUT2D eigenvalue weighted by Gasteiger charge is -2.36. The van der Waals surface area contributed by atoms with Gasteiger partial charge in [-0.3, -0.25) is 0 Å². The molecule has 0 heterocycles. The van der Waals surface area contributed by atoms with Gasteiger partial charge >= 0.3 is 0 Å². The maximum Gasteiger partial charge on any atom is -0.0383 e. The largest absolute Gasteiger partial charge is 0.0628 e. The summed E-state index contributed by atoms with van der Waals surface area (Å²) in [6.07, 6.45) is 12.1. The van der Waals surface area contributed by atoms with Crippen LogP contribution in [0.5, 0.6) is 0 Å². The Labute approximate surface area is 115 Å². The van der Waals surface area contributed by atoms with Crippen molar-refractivity contribution in [1.82, 2.24) is 0 Å². The Kier molecular flexibility index (Phi) is 5.15. The Balaban J connectivity index is 1.76. The molecule has 0 aliphatic heterocycles. The fourth-order valence-corrected chi connectivity index (χ4v) is 4.01. The summed E-state index contributed by atoms with van der Waals surface area (Å²) < 4.78 is 0. The maximum absolute atomic E-state index is 2.52. The first-order valence-electron chi connectivity index (χ1n) is 8.56. The van der Waals surface area contributed by atoms with Gasteiger partial charge in [-0.15, -0.1) is 0 Å². The summed E-state index contributed by atoms with van der Waals surface area (Å²) in [6.45, 7) is 9.78. The highest BCUT2D eigenvalue weighted by Gasteiger charge is 2.33. The summed E-state index contributed by atoms with van der Waals surface area (Å²) in [4.78, 5) is 0. The Hall–Kier alpha value is 0. The van der Waals surface area contributed by atoms with E-state index < -0.39 is 0 Å². The van der Waals surface area contributed by atoms with Crippen LogP contribution in [0.4, 0.5) is 0 Å². The SMILES string of the molecule is CC(C)CCC1CCC(C)C(CC(C)C2CC2)C1. The topological polar surface area (TPSA) is 0 Å². The minimum atomic E-state index is 0.896. The number of hydrogen-bond donors (Lipinski definition) is 0. The maximum atomic E-state index is 2.52. The fraction of sp³-hybridized carbons (Fsp3) is 1.00. The van der Waals surface area contributed by atoms with Gasteiger partial charge in [-0.2, -0.15) is 0 Å². The van der Waals surface area contributed by atoms with Crippen molar-refractivity contribution in [2.24, 2.45) is 35.5 Å². The molecule has 0 nitrogen and oxygen atoms in total. The van der Waals surface area contributed by atoms with Crippen molar-refractivity contribution >= 4 is 0 Å². The van der Waals surface area contributed by atoms with E-state index in [0.29, 0.717) is 0 Å². The molecule has 4 atom stereocenters. The fourth-order valence-electron chi connectivity index (χ4n) is 4.01. The van der Waals surface area contributed by atoms with Crippen molar-refractivity contribution in [1.29, 1.82) is 0 Å². The standard InChI is InChI=1S/C18H34/c1-13(2)5-7-16-8-6-14(3)18(12-16)11-15(4)17-9-10-17/h13-18H,5-12H2,1-4H3. The van der Waals surface area contributed by atoms with E-state index in [9.17, 15) is 0 Å². The van der Waals surface area contributed by atoms with Crippen LogP contribution >= 0.6 is 0 Å². The van der Waals surface area contributed by atoms with Crippen molar-refractivity contribution in [3.63, 3.8) is 0 Å². The summed E-state index contributed by atoms with van der Waals surface area (Å²) in [6, 6.07) is 0. The molecular weight excluding hydrogens is 216 g/mol. The molecule has 0 heteroatoms. The van der Waals surface area contributed by atoms with E-state index in [1.165, 1.54) is 44.9 Å². The zero-order valence-corrected chi connectivity index (χ0v) is 13.1. The normalized spacial score (nSPS) is 34.8. The summed E-state index contributed by atoms with van der Waals surface area (Å²) in [5.74, 6) is 6.12. The van der Waals surface area contributed by atoms with Gasteiger partial charge in [0, 0.05) is 0 Å². The molecule has 0 aromatic carbocycles. The molecule has 2 aliphatic rings. The van der Waals surface area contributed by atoms with Crippen molar-refractivity contribution in [2.45, 2.75) is 79.1 Å². The van der Waals surface area contributed by atoms with Crippen LogP contribution in [0.1, 0.15) is 79.1 Å². The van der Waals surface area contributed by atoms with Gasteiger partial charge in [-0.25, -0.2) is 0 Å². The van der Waals surface area contributed by atoms with Gasteiger partial charge in [0.15, 0.2) is 0 Å². The molecule has 0 aromatic rings. The van der Waals surface area contributed by atoms with Gasteiger partial charge in [-0.1, -0.05) is 53.4 Å². The Morgan fingerprint density at radius 3 is 2.33 bits per heavy atom. The van der Waals surface area contributed by atoms with E-state index in [0.717, 1.165) is 35.5 Å². The van der Waals surface area contributed by atoms with Gasteiger partial charge in [0.05, 0.1) is 0 Å². The van der Waals surface area contributed by atoms with Crippen LogP contribution < -0.4 is 0 Å². The Morgan fingerprint density at radius 1 is 1.00 bits per heavy atom. The molecule has 18 heavy (non-hydrogen) atoms. The summed E-state index contributed by atoms with van der Waals surface area (Å²) in [5.41, 5.74) is 0. The lowest BCUT2D eigenvalue weighted by Crippen LogP contribution is -2.25. The first-order valence-corrected chi connectivity index (χ1v) is 8.56. The van der Waals surface area contributed by atoms with Gasteiger partial charge < -0.3 is 0 Å². The molecule has 2 rings (SSSR count). The highest BCUT2D eigenvalue weighted by Crippen LogP contribution is 2.45. The second-order valence-electron chi connectivity index (χ2n) is 7.94. The third-order valence-corrected chi connectivity index (χ3v) is 5.72. The van der Waals surface area contributed by atoms with E-state index in [1.807, 2.05) is 0 Å². The van der Waals surface area contributed by atoms with E-state index in [1.54, 1.807) is 6.42 Å². The van der Waals surface area contributed by atoms with Crippen LogP contribution in [0, 0.1) is 35.5 Å². The predicted octanol–water partition coefficient (Wildman–Crippen LogP) is 5.91. The molecule has 2 saturated carbocycles. The molecule has 2 fully saturated rings. The molecule has 2 aliphatic carbocycles. The third-order valence-electron chi connectivity index (χ3n) is 5.72. The molecule has 0 amide bonds. The Morgan fingerprint density at radius 2 is 1.72 bits per heavy atom.